The maximum absolute atomic E-state index is 12.4. The average Bonchev–Trinajstić information content (AvgIpc) is 2.85. The second kappa shape index (κ2) is 5.81. The van der Waals surface area contributed by atoms with E-state index in [1.807, 2.05) is 13.8 Å². The van der Waals surface area contributed by atoms with Gasteiger partial charge in [0.1, 0.15) is 0 Å². The summed E-state index contributed by atoms with van der Waals surface area (Å²) in [5, 5.41) is 18.5. The van der Waals surface area contributed by atoms with Crippen molar-refractivity contribution in [1.29, 1.82) is 0 Å². The van der Waals surface area contributed by atoms with Crippen LogP contribution in [0.3, 0.4) is 0 Å². The Morgan fingerprint density at radius 1 is 1.21 bits per heavy atom. The van der Waals surface area contributed by atoms with Crippen LogP contribution >= 0.6 is 0 Å². The zero-order valence-electron chi connectivity index (χ0n) is 11.8. The lowest BCUT2D eigenvalue weighted by Gasteiger charge is -2.57. The Balaban J connectivity index is 0.000000637. The van der Waals surface area contributed by atoms with Crippen LogP contribution in [0.2, 0.25) is 0 Å². The van der Waals surface area contributed by atoms with Crippen LogP contribution in [-0.4, -0.2) is 46.5 Å². The van der Waals surface area contributed by atoms with Crippen molar-refractivity contribution in [3.05, 3.63) is 0 Å². The van der Waals surface area contributed by atoms with E-state index in [2.05, 4.69) is 0 Å². The molecule has 0 aromatic carbocycles. The van der Waals surface area contributed by atoms with Crippen LogP contribution in [0, 0.1) is 17.8 Å². The summed E-state index contributed by atoms with van der Waals surface area (Å²) in [6.07, 6.45) is 3.79. The molecule has 1 saturated heterocycles. The van der Waals surface area contributed by atoms with Crippen LogP contribution in [0.4, 0.5) is 0 Å². The Bertz CT molecular complexity index is 334. The standard InChI is InChI=1S/C11H19BN2O3.C2H6/c13-10-7-4-3-6(7)9(10)11(15)14-5-1-2-8(14)12(16)17;1-2/h6-10,16-17H,1-5,13H2;1-2H3. The van der Waals surface area contributed by atoms with E-state index in [4.69, 9.17) is 5.73 Å². The highest BCUT2D eigenvalue weighted by Crippen LogP contribution is 2.54. The van der Waals surface area contributed by atoms with Crippen molar-refractivity contribution in [2.24, 2.45) is 23.5 Å². The van der Waals surface area contributed by atoms with Crippen LogP contribution in [0.15, 0.2) is 0 Å². The minimum Gasteiger partial charge on any atom is -0.426 e. The zero-order chi connectivity index (χ0) is 14.2. The van der Waals surface area contributed by atoms with Crippen molar-refractivity contribution in [2.75, 3.05) is 6.54 Å². The lowest BCUT2D eigenvalue weighted by atomic mass is 9.50. The molecule has 3 fully saturated rings. The van der Waals surface area contributed by atoms with E-state index in [-0.39, 0.29) is 17.9 Å². The second-order valence-electron chi connectivity index (χ2n) is 5.66. The van der Waals surface area contributed by atoms with Gasteiger partial charge < -0.3 is 20.7 Å². The fourth-order valence-corrected chi connectivity index (χ4v) is 3.80. The SMILES string of the molecule is CC.NC1C2CCC2C1C(=O)N1CCCC1B(O)O. The molecule has 108 valence electrons. The number of fused-ring (bicyclic) bond motifs is 1. The summed E-state index contributed by atoms with van der Waals surface area (Å²) < 4.78 is 0. The monoisotopic (exact) mass is 268 g/mol. The highest BCUT2D eigenvalue weighted by Gasteiger charge is 2.58. The first-order valence-electron chi connectivity index (χ1n) is 7.53. The molecule has 1 amide bonds. The zero-order valence-corrected chi connectivity index (χ0v) is 11.8. The summed E-state index contributed by atoms with van der Waals surface area (Å²) >= 11 is 0. The van der Waals surface area contributed by atoms with Crippen LogP contribution in [0.5, 0.6) is 0 Å². The molecule has 6 heteroatoms. The van der Waals surface area contributed by atoms with Gasteiger partial charge in [0.15, 0.2) is 0 Å². The Morgan fingerprint density at radius 2 is 1.84 bits per heavy atom. The number of amides is 1. The van der Waals surface area contributed by atoms with Gasteiger partial charge in [-0.3, -0.25) is 4.79 Å². The lowest BCUT2D eigenvalue weighted by Crippen LogP contribution is -2.67. The van der Waals surface area contributed by atoms with E-state index in [0.29, 0.717) is 24.8 Å². The van der Waals surface area contributed by atoms with Gasteiger partial charge in [0.25, 0.3) is 0 Å². The first-order chi connectivity index (χ1) is 9.11. The van der Waals surface area contributed by atoms with Gasteiger partial charge in [-0.1, -0.05) is 13.8 Å². The number of hydrogen-bond donors (Lipinski definition) is 3. The van der Waals surface area contributed by atoms with Gasteiger partial charge in [0, 0.05) is 12.6 Å². The van der Waals surface area contributed by atoms with E-state index in [9.17, 15) is 14.8 Å². The number of likely N-dealkylation sites (tertiary alicyclic amines) is 1. The predicted molar refractivity (Wildman–Crippen MR) is 74.0 cm³/mol. The molecule has 2 aliphatic carbocycles. The van der Waals surface area contributed by atoms with E-state index >= 15 is 0 Å². The van der Waals surface area contributed by atoms with Crippen LogP contribution < -0.4 is 5.73 Å². The molecule has 1 heterocycles. The average molecular weight is 268 g/mol. The Hall–Kier alpha value is -0.585. The third-order valence-electron chi connectivity index (χ3n) is 4.97. The summed E-state index contributed by atoms with van der Waals surface area (Å²) in [7, 11) is -1.42. The van der Waals surface area contributed by atoms with Gasteiger partial charge in [-0.05, 0) is 37.5 Å². The summed E-state index contributed by atoms with van der Waals surface area (Å²) in [6, 6.07) is -0.00154. The minimum atomic E-state index is -1.42. The van der Waals surface area contributed by atoms with E-state index in [1.165, 1.54) is 0 Å². The fourth-order valence-electron chi connectivity index (χ4n) is 3.80. The Kier molecular flexibility index (Phi) is 4.53. The maximum Gasteiger partial charge on any atom is 0.475 e. The second-order valence-corrected chi connectivity index (χ2v) is 5.66. The summed E-state index contributed by atoms with van der Waals surface area (Å²) in [5.74, 6) is 0.578. The molecule has 0 bridgehead atoms. The highest BCUT2D eigenvalue weighted by atomic mass is 16.4. The molecule has 0 aromatic rings. The highest BCUT2D eigenvalue weighted by molar-refractivity contribution is 6.43. The maximum atomic E-state index is 12.4. The first kappa shape index (κ1) is 14.8. The third kappa shape index (κ3) is 2.30. The number of carbonyl (C=O) groups is 1. The Labute approximate surface area is 115 Å². The predicted octanol–water partition coefficient (Wildman–Crippen LogP) is -0.00110. The normalized spacial score (nSPS) is 39.4. The van der Waals surface area contributed by atoms with E-state index in [0.717, 1.165) is 19.3 Å². The van der Waals surface area contributed by atoms with Crippen molar-refractivity contribution >= 4 is 13.0 Å². The number of nitrogens with two attached hydrogens (primary N) is 1. The molecular formula is C13H25BN2O3. The molecular weight excluding hydrogens is 243 g/mol. The molecule has 3 aliphatic rings. The van der Waals surface area contributed by atoms with Crippen molar-refractivity contribution in [2.45, 2.75) is 51.5 Å². The van der Waals surface area contributed by atoms with Gasteiger partial charge >= 0.3 is 7.12 Å². The summed E-state index contributed by atoms with van der Waals surface area (Å²) in [4.78, 5) is 14.0. The first-order valence-corrected chi connectivity index (χ1v) is 7.53. The smallest absolute Gasteiger partial charge is 0.426 e. The van der Waals surface area contributed by atoms with Crippen molar-refractivity contribution in [1.82, 2.24) is 4.90 Å². The summed E-state index contributed by atoms with van der Waals surface area (Å²) in [6.45, 7) is 4.64. The van der Waals surface area contributed by atoms with Crippen molar-refractivity contribution < 1.29 is 14.8 Å². The topological polar surface area (TPSA) is 86.8 Å². The number of carbonyl (C=O) groups excluding carboxylic acids is 1. The molecule has 3 rings (SSSR count). The molecule has 0 aromatic heterocycles. The van der Waals surface area contributed by atoms with E-state index in [1.54, 1.807) is 4.90 Å². The number of hydrogen-bond acceptors (Lipinski definition) is 4. The molecule has 0 radical (unpaired) electrons. The Morgan fingerprint density at radius 3 is 2.32 bits per heavy atom. The summed E-state index contributed by atoms with van der Waals surface area (Å²) in [5.41, 5.74) is 6.03. The van der Waals surface area contributed by atoms with E-state index < -0.39 is 13.1 Å². The largest absolute Gasteiger partial charge is 0.475 e. The van der Waals surface area contributed by atoms with Gasteiger partial charge in [0.05, 0.1) is 11.9 Å². The van der Waals surface area contributed by atoms with Gasteiger partial charge in [-0.2, -0.15) is 0 Å². The third-order valence-corrected chi connectivity index (χ3v) is 4.97. The lowest BCUT2D eigenvalue weighted by molar-refractivity contribution is -0.154. The number of rotatable bonds is 2. The molecule has 4 N–H and O–H groups in total. The molecule has 5 nitrogen and oxygen atoms in total. The van der Waals surface area contributed by atoms with Crippen LogP contribution in [0.25, 0.3) is 0 Å². The minimum absolute atomic E-state index is 0.00154. The van der Waals surface area contributed by atoms with Crippen LogP contribution in [0.1, 0.15) is 39.5 Å². The quantitative estimate of drug-likeness (QED) is 0.615. The molecule has 19 heavy (non-hydrogen) atoms. The molecule has 5 unspecified atom stereocenters. The fraction of sp³-hybridized carbons (Fsp3) is 0.923. The van der Waals surface area contributed by atoms with Gasteiger partial charge in [0.2, 0.25) is 5.91 Å². The van der Waals surface area contributed by atoms with Crippen molar-refractivity contribution in [3.63, 3.8) is 0 Å². The molecule has 1 aliphatic heterocycles. The molecule has 5 atom stereocenters. The molecule has 0 spiro atoms. The molecule has 2 saturated carbocycles. The van der Waals surface area contributed by atoms with Gasteiger partial charge in [-0.25, -0.2) is 0 Å². The van der Waals surface area contributed by atoms with Gasteiger partial charge in [-0.15, -0.1) is 0 Å². The number of nitrogens with zero attached hydrogens (tertiary/aromatic N) is 1. The van der Waals surface area contributed by atoms with Crippen LogP contribution in [-0.2, 0) is 4.79 Å². The van der Waals surface area contributed by atoms with Crippen molar-refractivity contribution in [3.8, 4) is 0 Å².